The molecule has 3 heteroatoms. The Kier molecular flexibility index (Phi) is 6.48. The Morgan fingerprint density at radius 2 is 2.06 bits per heavy atom. The molecule has 1 atom stereocenters. The number of anilines is 1. The molecule has 1 heterocycles. The number of aromatic nitrogens is 1. The Hall–Kier alpha value is -0.760. The van der Waals surface area contributed by atoms with Crippen LogP contribution in [0.4, 0.5) is 5.82 Å². The van der Waals surface area contributed by atoms with Crippen molar-refractivity contribution in [2.75, 3.05) is 18.5 Å². The van der Waals surface area contributed by atoms with Gasteiger partial charge in [-0.05, 0) is 30.0 Å². The van der Waals surface area contributed by atoms with Gasteiger partial charge in [0.1, 0.15) is 5.82 Å². The molecule has 0 aliphatic heterocycles. The lowest BCUT2D eigenvalue weighted by molar-refractivity contribution is 0.557. The van der Waals surface area contributed by atoms with E-state index in [-0.39, 0.29) is 0 Å². The van der Waals surface area contributed by atoms with Gasteiger partial charge in [0.2, 0.25) is 0 Å². The number of halogens is 1. The fraction of sp³-hybridized carbons (Fsp3) is 0.667. The van der Waals surface area contributed by atoms with Gasteiger partial charge in [-0.15, -0.1) is 11.6 Å². The number of alkyl halides is 1. The van der Waals surface area contributed by atoms with E-state index in [4.69, 9.17) is 16.6 Å². The van der Waals surface area contributed by atoms with Gasteiger partial charge in [0.05, 0.1) is 0 Å². The molecule has 0 saturated heterocycles. The molecule has 0 N–H and O–H groups in total. The van der Waals surface area contributed by atoms with Crippen LogP contribution in [0.5, 0.6) is 0 Å². The van der Waals surface area contributed by atoms with Crippen LogP contribution in [0, 0.1) is 5.92 Å². The van der Waals surface area contributed by atoms with Crippen LogP contribution in [0.2, 0.25) is 0 Å². The number of aryl methyl sites for hydroxylation is 1. The van der Waals surface area contributed by atoms with E-state index in [0.717, 1.165) is 30.9 Å². The first-order chi connectivity index (χ1) is 8.60. The minimum atomic E-state index is 0.559. The Morgan fingerprint density at radius 1 is 1.33 bits per heavy atom. The van der Waals surface area contributed by atoms with E-state index in [0.29, 0.717) is 11.8 Å². The van der Waals surface area contributed by atoms with Crippen molar-refractivity contribution in [3.8, 4) is 0 Å². The number of rotatable bonds is 7. The first kappa shape index (κ1) is 15.3. The third kappa shape index (κ3) is 4.49. The molecular weight excluding hydrogens is 244 g/mol. The van der Waals surface area contributed by atoms with Gasteiger partial charge in [-0.3, -0.25) is 0 Å². The third-order valence-corrected chi connectivity index (χ3v) is 3.57. The molecule has 0 fully saturated rings. The summed E-state index contributed by atoms with van der Waals surface area (Å²) < 4.78 is 0. The summed E-state index contributed by atoms with van der Waals surface area (Å²) in [6, 6.07) is 4.23. The van der Waals surface area contributed by atoms with Gasteiger partial charge in [-0.25, -0.2) is 4.98 Å². The van der Waals surface area contributed by atoms with Gasteiger partial charge in [-0.2, -0.15) is 0 Å². The average Bonchev–Trinajstić information content (AvgIpc) is 2.38. The summed E-state index contributed by atoms with van der Waals surface area (Å²) >= 11 is 5.96. The van der Waals surface area contributed by atoms with Crippen LogP contribution >= 0.6 is 11.6 Å². The molecule has 0 saturated carbocycles. The molecule has 0 aliphatic carbocycles. The number of pyridine rings is 1. The van der Waals surface area contributed by atoms with Crippen LogP contribution in [-0.2, 0) is 12.3 Å². The quantitative estimate of drug-likeness (QED) is 0.687. The summed E-state index contributed by atoms with van der Waals surface area (Å²) in [7, 11) is 2.11. The van der Waals surface area contributed by atoms with Crippen LogP contribution in [-0.4, -0.2) is 18.6 Å². The molecule has 0 aromatic carbocycles. The molecule has 18 heavy (non-hydrogen) atoms. The molecule has 1 rings (SSSR count). The van der Waals surface area contributed by atoms with Gasteiger partial charge in [0, 0.05) is 25.2 Å². The molecule has 0 bridgehead atoms. The largest absolute Gasteiger partial charge is 0.359 e. The smallest absolute Gasteiger partial charge is 0.128 e. The highest BCUT2D eigenvalue weighted by Gasteiger charge is 2.09. The van der Waals surface area contributed by atoms with E-state index in [1.165, 1.54) is 12.0 Å². The Labute approximate surface area is 116 Å². The minimum Gasteiger partial charge on any atom is -0.359 e. The van der Waals surface area contributed by atoms with Crippen molar-refractivity contribution in [1.82, 2.24) is 4.98 Å². The SMILES string of the molecule is CCCc1cc(CCl)cc(N(C)CC(C)CC)n1. The number of nitrogens with zero attached hydrogens (tertiary/aromatic N) is 2. The summed E-state index contributed by atoms with van der Waals surface area (Å²) in [6.45, 7) is 7.72. The normalized spacial score (nSPS) is 12.5. The van der Waals surface area contributed by atoms with Crippen molar-refractivity contribution < 1.29 is 0 Å². The average molecular weight is 269 g/mol. The minimum absolute atomic E-state index is 0.559. The maximum atomic E-state index is 5.96. The van der Waals surface area contributed by atoms with Crippen LogP contribution in [0.25, 0.3) is 0 Å². The lowest BCUT2D eigenvalue weighted by atomic mass is 10.1. The topological polar surface area (TPSA) is 16.1 Å². The van der Waals surface area contributed by atoms with Crippen molar-refractivity contribution in [1.29, 1.82) is 0 Å². The molecule has 1 unspecified atom stereocenters. The summed E-state index contributed by atoms with van der Waals surface area (Å²) in [6.07, 6.45) is 3.34. The van der Waals surface area contributed by atoms with Crippen molar-refractivity contribution >= 4 is 17.4 Å². The zero-order chi connectivity index (χ0) is 13.5. The highest BCUT2D eigenvalue weighted by atomic mass is 35.5. The van der Waals surface area contributed by atoms with Crippen LogP contribution in [0.1, 0.15) is 44.9 Å². The van der Waals surface area contributed by atoms with Gasteiger partial charge < -0.3 is 4.90 Å². The van der Waals surface area contributed by atoms with E-state index in [1.807, 2.05) is 0 Å². The first-order valence-corrected chi connectivity index (χ1v) is 7.41. The monoisotopic (exact) mass is 268 g/mol. The van der Waals surface area contributed by atoms with Gasteiger partial charge in [-0.1, -0.05) is 33.6 Å². The predicted molar refractivity (Wildman–Crippen MR) is 80.5 cm³/mol. The maximum absolute atomic E-state index is 5.96. The van der Waals surface area contributed by atoms with Crippen LogP contribution < -0.4 is 4.90 Å². The van der Waals surface area contributed by atoms with E-state index in [1.54, 1.807) is 0 Å². The first-order valence-electron chi connectivity index (χ1n) is 6.87. The van der Waals surface area contributed by atoms with Gasteiger partial charge >= 0.3 is 0 Å². The maximum Gasteiger partial charge on any atom is 0.128 e. The molecule has 102 valence electrons. The molecule has 1 aromatic rings. The highest BCUT2D eigenvalue weighted by molar-refractivity contribution is 6.17. The van der Waals surface area contributed by atoms with Gasteiger partial charge in [0.15, 0.2) is 0 Å². The van der Waals surface area contributed by atoms with E-state index < -0.39 is 0 Å². The second kappa shape index (κ2) is 7.63. The van der Waals surface area contributed by atoms with Crippen molar-refractivity contribution in [3.63, 3.8) is 0 Å². The standard InChI is InChI=1S/C15H25ClN2/c1-5-7-14-8-13(10-16)9-15(17-14)18(4)11-12(3)6-2/h8-9,12H,5-7,10-11H2,1-4H3. The lowest BCUT2D eigenvalue weighted by Crippen LogP contribution is -2.25. The second-order valence-corrected chi connectivity index (χ2v) is 5.37. The second-order valence-electron chi connectivity index (χ2n) is 5.10. The Balaban J connectivity index is 2.88. The van der Waals surface area contributed by atoms with Crippen molar-refractivity contribution in [2.24, 2.45) is 5.92 Å². The summed E-state index contributed by atoms with van der Waals surface area (Å²) in [5.74, 6) is 2.30. The number of hydrogen-bond donors (Lipinski definition) is 0. The van der Waals surface area contributed by atoms with E-state index >= 15 is 0 Å². The van der Waals surface area contributed by atoms with E-state index in [9.17, 15) is 0 Å². The zero-order valence-electron chi connectivity index (χ0n) is 12.0. The molecule has 0 amide bonds. The van der Waals surface area contributed by atoms with Gasteiger partial charge in [0.25, 0.3) is 0 Å². The van der Waals surface area contributed by atoms with Crippen molar-refractivity contribution in [3.05, 3.63) is 23.4 Å². The summed E-state index contributed by atoms with van der Waals surface area (Å²) in [4.78, 5) is 6.97. The highest BCUT2D eigenvalue weighted by Crippen LogP contribution is 2.18. The lowest BCUT2D eigenvalue weighted by Gasteiger charge is -2.23. The Morgan fingerprint density at radius 3 is 2.61 bits per heavy atom. The Bertz CT molecular complexity index is 366. The summed E-state index contributed by atoms with van der Waals surface area (Å²) in [5, 5.41) is 0. The fourth-order valence-electron chi connectivity index (χ4n) is 1.98. The molecule has 0 spiro atoms. The van der Waals surface area contributed by atoms with Crippen LogP contribution in [0.15, 0.2) is 12.1 Å². The van der Waals surface area contributed by atoms with Crippen molar-refractivity contribution in [2.45, 2.75) is 45.9 Å². The predicted octanol–water partition coefficient (Wildman–Crippen LogP) is 4.26. The summed E-state index contributed by atoms with van der Waals surface area (Å²) in [5.41, 5.74) is 2.32. The van der Waals surface area contributed by atoms with Crippen LogP contribution in [0.3, 0.4) is 0 Å². The zero-order valence-corrected chi connectivity index (χ0v) is 12.8. The number of hydrogen-bond acceptors (Lipinski definition) is 2. The molecule has 2 nitrogen and oxygen atoms in total. The third-order valence-electron chi connectivity index (χ3n) is 3.26. The molecule has 1 aromatic heterocycles. The fourth-order valence-corrected chi connectivity index (χ4v) is 2.13. The molecular formula is C15H25ClN2. The van der Waals surface area contributed by atoms with E-state index in [2.05, 4.69) is 44.9 Å². The molecule has 0 aliphatic rings. The molecule has 0 radical (unpaired) electrons.